The maximum Gasteiger partial charge on any atom is 0.407 e. The van der Waals surface area contributed by atoms with E-state index in [0.717, 1.165) is 16.3 Å². The van der Waals surface area contributed by atoms with E-state index in [-0.39, 0.29) is 26.1 Å². The van der Waals surface area contributed by atoms with Crippen molar-refractivity contribution in [2.75, 3.05) is 13.1 Å². The predicted octanol–water partition coefficient (Wildman–Crippen LogP) is 4.65. The standard InChI is InChI=1S/C23H22ClNO4/c24-20-9-7-19(8-10-20)23(28)11-12-25(22(26)27)14-21(23)29-15-16-5-6-17-3-1-2-4-18(17)13-16/h1-10,13,21,28H,11-12,14-15H2,(H,26,27). The smallest absolute Gasteiger partial charge is 0.407 e. The molecule has 0 bridgehead atoms. The van der Waals surface area contributed by atoms with Crippen LogP contribution in [-0.2, 0) is 16.9 Å². The van der Waals surface area contributed by atoms with Gasteiger partial charge in [-0.25, -0.2) is 4.79 Å². The molecule has 29 heavy (non-hydrogen) atoms. The van der Waals surface area contributed by atoms with Crippen LogP contribution in [0.2, 0.25) is 5.02 Å². The second kappa shape index (κ2) is 8.03. The van der Waals surface area contributed by atoms with Crippen LogP contribution in [0.25, 0.3) is 10.8 Å². The minimum atomic E-state index is -1.28. The Labute approximate surface area is 174 Å². The molecule has 0 aliphatic carbocycles. The van der Waals surface area contributed by atoms with E-state index in [2.05, 4.69) is 6.07 Å². The van der Waals surface area contributed by atoms with Crippen molar-refractivity contribution < 1.29 is 19.7 Å². The Bertz CT molecular complexity index is 1020. The molecule has 3 aromatic rings. The first kappa shape index (κ1) is 19.7. The van der Waals surface area contributed by atoms with Gasteiger partial charge in [0.15, 0.2) is 0 Å². The van der Waals surface area contributed by atoms with Crippen LogP contribution in [-0.4, -0.2) is 40.4 Å². The molecule has 0 saturated carbocycles. The molecule has 4 rings (SSSR count). The molecule has 3 aromatic carbocycles. The van der Waals surface area contributed by atoms with Gasteiger partial charge in [0.25, 0.3) is 0 Å². The van der Waals surface area contributed by atoms with Crippen LogP contribution in [0.3, 0.4) is 0 Å². The fraction of sp³-hybridized carbons (Fsp3) is 0.261. The third kappa shape index (κ3) is 4.08. The van der Waals surface area contributed by atoms with E-state index in [1.54, 1.807) is 24.3 Å². The molecule has 150 valence electrons. The molecule has 1 saturated heterocycles. The van der Waals surface area contributed by atoms with Crippen LogP contribution >= 0.6 is 11.6 Å². The number of amides is 1. The second-order valence-corrected chi connectivity index (χ2v) is 7.83. The zero-order valence-electron chi connectivity index (χ0n) is 15.8. The van der Waals surface area contributed by atoms with Gasteiger partial charge in [0, 0.05) is 18.0 Å². The highest BCUT2D eigenvalue weighted by molar-refractivity contribution is 6.30. The van der Waals surface area contributed by atoms with Crippen LogP contribution < -0.4 is 0 Å². The maximum absolute atomic E-state index is 11.5. The fourth-order valence-electron chi connectivity index (χ4n) is 3.87. The molecule has 5 nitrogen and oxygen atoms in total. The van der Waals surface area contributed by atoms with Crippen LogP contribution in [0.15, 0.2) is 66.7 Å². The molecule has 1 amide bonds. The first-order valence-corrected chi connectivity index (χ1v) is 9.89. The second-order valence-electron chi connectivity index (χ2n) is 7.39. The van der Waals surface area contributed by atoms with Gasteiger partial charge in [0.2, 0.25) is 0 Å². The molecule has 2 unspecified atom stereocenters. The minimum absolute atomic E-state index is 0.0992. The highest BCUT2D eigenvalue weighted by Gasteiger charge is 2.45. The summed E-state index contributed by atoms with van der Waals surface area (Å²) in [6.45, 7) is 0.616. The van der Waals surface area contributed by atoms with Gasteiger partial charge in [0.1, 0.15) is 11.7 Å². The third-order valence-electron chi connectivity index (χ3n) is 5.56. The van der Waals surface area contributed by atoms with E-state index < -0.39 is 17.8 Å². The SMILES string of the molecule is O=C(O)N1CCC(O)(c2ccc(Cl)cc2)C(OCc2ccc3ccccc3c2)C1. The maximum atomic E-state index is 11.5. The first-order valence-electron chi connectivity index (χ1n) is 9.51. The lowest BCUT2D eigenvalue weighted by molar-refractivity contribution is -0.152. The van der Waals surface area contributed by atoms with E-state index in [1.165, 1.54) is 4.90 Å². The molecule has 0 radical (unpaired) electrons. The van der Waals surface area contributed by atoms with E-state index >= 15 is 0 Å². The van der Waals surface area contributed by atoms with Crippen LogP contribution in [0.5, 0.6) is 0 Å². The number of benzene rings is 3. The van der Waals surface area contributed by atoms with Crippen LogP contribution in [0.4, 0.5) is 4.79 Å². The predicted molar refractivity (Wildman–Crippen MR) is 112 cm³/mol. The Hall–Kier alpha value is -2.60. The molecule has 1 fully saturated rings. The summed E-state index contributed by atoms with van der Waals surface area (Å²) in [5, 5.41) is 23.7. The van der Waals surface area contributed by atoms with Gasteiger partial charge in [-0.15, -0.1) is 0 Å². The number of piperidine rings is 1. The molecular weight excluding hydrogens is 390 g/mol. The summed E-state index contributed by atoms with van der Waals surface area (Å²) >= 11 is 5.99. The minimum Gasteiger partial charge on any atom is -0.465 e. The summed E-state index contributed by atoms with van der Waals surface area (Å²) in [7, 11) is 0. The molecular formula is C23H22ClNO4. The van der Waals surface area contributed by atoms with Crippen molar-refractivity contribution in [3.63, 3.8) is 0 Å². The largest absolute Gasteiger partial charge is 0.465 e. The molecule has 2 atom stereocenters. The summed E-state index contributed by atoms with van der Waals surface area (Å²) in [4.78, 5) is 12.8. The van der Waals surface area contributed by atoms with Crippen molar-refractivity contribution in [2.24, 2.45) is 0 Å². The lowest BCUT2D eigenvalue weighted by Gasteiger charge is -2.43. The summed E-state index contributed by atoms with van der Waals surface area (Å²) < 4.78 is 6.11. The number of carbonyl (C=O) groups is 1. The number of hydrogen-bond donors (Lipinski definition) is 2. The number of likely N-dealkylation sites (tertiary alicyclic amines) is 1. The quantitative estimate of drug-likeness (QED) is 0.655. The van der Waals surface area contributed by atoms with Gasteiger partial charge >= 0.3 is 6.09 Å². The monoisotopic (exact) mass is 411 g/mol. The molecule has 1 aliphatic heterocycles. The van der Waals surface area contributed by atoms with Crippen molar-refractivity contribution in [3.8, 4) is 0 Å². The number of hydrogen-bond acceptors (Lipinski definition) is 3. The average molecular weight is 412 g/mol. The molecule has 1 aliphatic rings. The zero-order valence-corrected chi connectivity index (χ0v) is 16.5. The lowest BCUT2D eigenvalue weighted by atomic mass is 9.82. The van der Waals surface area contributed by atoms with Gasteiger partial charge in [-0.1, -0.05) is 60.1 Å². The van der Waals surface area contributed by atoms with Crippen molar-refractivity contribution in [2.45, 2.75) is 24.7 Å². The third-order valence-corrected chi connectivity index (χ3v) is 5.81. The van der Waals surface area contributed by atoms with Crippen molar-refractivity contribution in [1.29, 1.82) is 0 Å². The topological polar surface area (TPSA) is 70.0 Å². The highest BCUT2D eigenvalue weighted by atomic mass is 35.5. The number of rotatable bonds is 4. The van der Waals surface area contributed by atoms with E-state index in [9.17, 15) is 15.0 Å². The van der Waals surface area contributed by atoms with Crippen molar-refractivity contribution in [3.05, 3.63) is 82.9 Å². The van der Waals surface area contributed by atoms with Crippen LogP contribution in [0, 0.1) is 0 Å². The van der Waals surface area contributed by atoms with Gasteiger partial charge in [-0.3, -0.25) is 0 Å². The highest BCUT2D eigenvalue weighted by Crippen LogP contribution is 2.36. The Morgan fingerprint density at radius 3 is 2.55 bits per heavy atom. The molecule has 6 heteroatoms. The molecule has 0 aromatic heterocycles. The molecule has 0 spiro atoms. The van der Waals surface area contributed by atoms with Gasteiger partial charge in [-0.05, 0) is 40.1 Å². The lowest BCUT2D eigenvalue weighted by Crippen LogP contribution is -2.55. The normalized spacial score (nSPS) is 22.0. The summed E-state index contributed by atoms with van der Waals surface area (Å²) in [5.74, 6) is 0. The number of aliphatic hydroxyl groups is 1. The van der Waals surface area contributed by atoms with Gasteiger partial charge in [-0.2, -0.15) is 0 Å². The summed E-state index contributed by atoms with van der Waals surface area (Å²) in [6, 6.07) is 21.1. The first-order chi connectivity index (χ1) is 14.0. The van der Waals surface area contributed by atoms with Gasteiger partial charge < -0.3 is 19.8 Å². The number of ether oxygens (including phenoxy) is 1. The number of nitrogens with zero attached hydrogens (tertiary/aromatic N) is 1. The van der Waals surface area contributed by atoms with E-state index in [1.807, 2.05) is 36.4 Å². The van der Waals surface area contributed by atoms with Crippen molar-refractivity contribution in [1.82, 2.24) is 4.90 Å². The van der Waals surface area contributed by atoms with E-state index in [0.29, 0.717) is 10.6 Å². The molecule has 2 N–H and O–H groups in total. The summed E-state index contributed by atoms with van der Waals surface area (Å²) in [5.41, 5.74) is 0.359. The van der Waals surface area contributed by atoms with E-state index in [4.69, 9.17) is 16.3 Å². The number of carboxylic acid groups (broad SMARTS) is 1. The Kier molecular flexibility index (Phi) is 5.46. The van der Waals surface area contributed by atoms with Gasteiger partial charge in [0.05, 0.1) is 13.2 Å². The zero-order chi connectivity index (χ0) is 20.4. The number of fused-ring (bicyclic) bond motifs is 1. The molecule has 1 heterocycles. The summed E-state index contributed by atoms with van der Waals surface area (Å²) in [6.07, 6.45) is -1.45. The van der Waals surface area contributed by atoms with Crippen LogP contribution in [0.1, 0.15) is 17.5 Å². The average Bonchev–Trinajstić information content (AvgIpc) is 2.73. The Morgan fingerprint density at radius 1 is 1.10 bits per heavy atom. The number of halogens is 1. The Balaban J connectivity index is 1.58. The van der Waals surface area contributed by atoms with Crippen molar-refractivity contribution >= 4 is 28.5 Å². The Morgan fingerprint density at radius 2 is 1.83 bits per heavy atom. The fourth-order valence-corrected chi connectivity index (χ4v) is 3.99.